The molecule has 3 heterocycles. The first-order chi connectivity index (χ1) is 15.0. The van der Waals surface area contributed by atoms with Crippen molar-refractivity contribution in [3.05, 3.63) is 51.1 Å². The summed E-state index contributed by atoms with van der Waals surface area (Å²) in [5.41, 5.74) is 2.29. The second kappa shape index (κ2) is 9.28. The third kappa shape index (κ3) is 4.70. The second-order valence-electron chi connectivity index (χ2n) is 8.05. The van der Waals surface area contributed by atoms with E-state index in [9.17, 15) is 14.0 Å². The maximum atomic E-state index is 13.4. The van der Waals surface area contributed by atoms with Crippen LogP contribution in [-0.4, -0.2) is 48.4 Å². The van der Waals surface area contributed by atoms with Crippen molar-refractivity contribution in [2.24, 2.45) is 0 Å². The van der Waals surface area contributed by atoms with Crippen LogP contribution >= 0.6 is 11.3 Å². The Kier molecular flexibility index (Phi) is 6.48. The fourth-order valence-corrected chi connectivity index (χ4v) is 5.31. The second-order valence-corrected chi connectivity index (χ2v) is 9.11. The predicted octanol–water partition coefficient (Wildman–Crippen LogP) is 4.54. The first-order valence-electron chi connectivity index (χ1n) is 10.6. The van der Waals surface area contributed by atoms with Crippen molar-refractivity contribution in [2.45, 2.75) is 38.5 Å². The van der Waals surface area contributed by atoms with Gasteiger partial charge in [-0.2, -0.15) is 0 Å². The molecule has 1 aliphatic rings. The number of nitrogens with zero attached hydrogens (tertiary/aromatic N) is 2. The third-order valence-electron chi connectivity index (χ3n) is 5.94. The number of carbonyl (C=O) groups excluding carboxylic acids is 2. The number of aromatic nitrogens is 1. The van der Waals surface area contributed by atoms with E-state index in [1.54, 1.807) is 19.2 Å². The quantitative estimate of drug-likeness (QED) is 0.543. The number of Topliss-reactive ketones (excluding diaryl/α,β-unsaturated/α-hetero) is 1. The normalized spacial score (nSPS) is 15.5. The van der Waals surface area contributed by atoms with Crippen molar-refractivity contribution >= 4 is 34.0 Å². The van der Waals surface area contributed by atoms with Gasteiger partial charge in [-0.25, -0.2) is 4.39 Å². The minimum Gasteiger partial charge on any atom is -0.356 e. The Balaban J connectivity index is 1.26. The Morgan fingerprint density at radius 1 is 1.29 bits per heavy atom. The molecule has 164 valence electrons. The lowest BCUT2D eigenvalue weighted by Gasteiger charge is -2.31. The molecule has 1 fully saturated rings. The summed E-state index contributed by atoms with van der Waals surface area (Å²) in [7, 11) is 1.59. The lowest BCUT2D eigenvalue weighted by Crippen LogP contribution is -2.34. The first kappa shape index (κ1) is 21.6. The summed E-state index contributed by atoms with van der Waals surface area (Å²) in [5, 5.41) is 7.70. The molecular formula is C23H26FN3O3S. The van der Waals surface area contributed by atoms with Gasteiger partial charge in [-0.15, -0.1) is 11.3 Å². The summed E-state index contributed by atoms with van der Waals surface area (Å²) in [5.74, 6) is -0.0578. The topological polar surface area (TPSA) is 75.4 Å². The lowest BCUT2D eigenvalue weighted by molar-refractivity contribution is 0.0963. The molecule has 1 aromatic carbocycles. The number of benzene rings is 1. The number of carbonyl (C=O) groups is 2. The van der Waals surface area contributed by atoms with Crippen molar-refractivity contribution in [1.29, 1.82) is 0 Å². The molecule has 0 bridgehead atoms. The van der Waals surface area contributed by atoms with E-state index in [1.807, 2.05) is 6.92 Å². The number of aryl methyl sites for hydroxylation is 1. The molecule has 0 unspecified atom stereocenters. The minimum atomic E-state index is -0.317. The van der Waals surface area contributed by atoms with Gasteiger partial charge in [0.1, 0.15) is 5.82 Å². The summed E-state index contributed by atoms with van der Waals surface area (Å²) >= 11 is 1.27. The van der Waals surface area contributed by atoms with Gasteiger partial charge in [-0.05, 0) is 69.6 Å². The van der Waals surface area contributed by atoms with Crippen LogP contribution in [0.1, 0.15) is 62.2 Å². The van der Waals surface area contributed by atoms with Crippen LogP contribution in [0, 0.1) is 12.7 Å². The standard InChI is InChI=1S/C23H26FN3O3S/c1-14-12-20(23(29)25-2)31-22(14)18(28)4-3-9-27-10-7-15(8-11-27)21-17-6-5-16(24)13-19(17)30-26-21/h5-6,12-13,15H,3-4,7-11H2,1-2H3,(H,25,29). The van der Waals surface area contributed by atoms with Gasteiger partial charge in [0.15, 0.2) is 11.4 Å². The molecule has 4 rings (SSSR count). The molecule has 1 N–H and O–H groups in total. The summed E-state index contributed by atoms with van der Waals surface area (Å²) in [6, 6.07) is 6.35. The highest BCUT2D eigenvalue weighted by molar-refractivity contribution is 7.16. The van der Waals surface area contributed by atoms with Crippen molar-refractivity contribution < 1.29 is 18.5 Å². The van der Waals surface area contributed by atoms with E-state index in [0.29, 0.717) is 27.7 Å². The van der Waals surface area contributed by atoms with Crippen LogP contribution in [0.25, 0.3) is 11.0 Å². The molecule has 0 saturated carbocycles. The van der Waals surface area contributed by atoms with Crippen LogP contribution in [-0.2, 0) is 0 Å². The van der Waals surface area contributed by atoms with Crippen LogP contribution < -0.4 is 5.32 Å². The summed E-state index contributed by atoms with van der Waals surface area (Å²) in [4.78, 5) is 28.0. The van der Waals surface area contributed by atoms with E-state index in [2.05, 4.69) is 15.4 Å². The van der Waals surface area contributed by atoms with Crippen molar-refractivity contribution in [1.82, 2.24) is 15.4 Å². The highest BCUT2D eigenvalue weighted by Gasteiger charge is 2.25. The molecule has 0 atom stereocenters. The van der Waals surface area contributed by atoms with Gasteiger partial charge in [0.05, 0.1) is 15.4 Å². The Hall–Kier alpha value is -2.58. The average molecular weight is 444 g/mol. The molecule has 2 aromatic heterocycles. The molecule has 1 saturated heterocycles. The Bertz CT molecular complexity index is 1100. The van der Waals surface area contributed by atoms with E-state index >= 15 is 0 Å². The SMILES string of the molecule is CNC(=O)c1cc(C)c(C(=O)CCCN2CCC(c3noc4cc(F)ccc34)CC2)s1. The Labute approximate surface area is 184 Å². The van der Waals surface area contributed by atoms with Gasteiger partial charge in [0.25, 0.3) is 5.91 Å². The molecule has 3 aromatic rings. The molecule has 1 amide bonds. The van der Waals surface area contributed by atoms with Gasteiger partial charge in [0.2, 0.25) is 0 Å². The number of hydrogen-bond donors (Lipinski definition) is 1. The van der Waals surface area contributed by atoms with Crippen LogP contribution in [0.2, 0.25) is 0 Å². The zero-order chi connectivity index (χ0) is 22.0. The summed E-state index contributed by atoms with van der Waals surface area (Å²) in [6.45, 7) is 4.62. The molecule has 8 heteroatoms. The monoisotopic (exact) mass is 443 g/mol. The fraction of sp³-hybridized carbons (Fsp3) is 0.435. The number of piperidine rings is 1. The van der Waals surface area contributed by atoms with E-state index in [-0.39, 0.29) is 17.5 Å². The third-order valence-corrected chi connectivity index (χ3v) is 7.21. The van der Waals surface area contributed by atoms with E-state index in [1.165, 1.54) is 23.5 Å². The highest BCUT2D eigenvalue weighted by Crippen LogP contribution is 2.33. The summed E-state index contributed by atoms with van der Waals surface area (Å²) < 4.78 is 18.7. The number of likely N-dealkylation sites (tertiary alicyclic amines) is 1. The number of amides is 1. The number of ketones is 1. The van der Waals surface area contributed by atoms with Gasteiger partial charge >= 0.3 is 0 Å². The predicted molar refractivity (Wildman–Crippen MR) is 118 cm³/mol. The molecule has 0 aliphatic carbocycles. The largest absolute Gasteiger partial charge is 0.356 e. The lowest BCUT2D eigenvalue weighted by atomic mass is 9.91. The van der Waals surface area contributed by atoms with Crippen LogP contribution in [0.4, 0.5) is 4.39 Å². The smallest absolute Gasteiger partial charge is 0.261 e. The number of hydrogen-bond acceptors (Lipinski definition) is 6. The average Bonchev–Trinajstić information content (AvgIpc) is 3.37. The molecule has 0 spiro atoms. The minimum absolute atomic E-state index is 0.105. The van der Waals surface area contributed by atoms with Crippen molar-refractivity contribution in [2.75, 3.05) is 26.7 Å². The Morgan fingerprint density at radius 3 is 2.81 bits per heavy atom. The van der Waals surface area contributed by atoms with Gasteiger partial charge < -0.3 is 14.7 Å². The molecule has 31 heavy (non-hydrogen) atoms. The number of fused-ring (bicyclic) bond motifs is 1. The molecule has 1 aliphatic heterocycles. The Morgan fingerprint density at radius 2 is 2.06 bits per heavy atom. The number of halogens is 1. The molecule has 0 radical (unpaired) electrons. The first-order valence-corrected chi connectivity index (χ1v) is 11.4. The van der Waals surface area contributed by atoms with Crippen LogP contribution in [0.3, 0.4) is 0 Å². The van der Waals surface area contributed by atoms with Crippen molar-refractivity contribution in [3.8, 4) is 0 Å². The number of rotatable bonds is 7. The van der Waals surface area contributed by atoms with Crippen LogP contribution in [0.5, 0.6) is 0 Å². The van der Waals surface area contributed by atoms with Gasteiger partial charge in [-0.3, -0.25) is 9.59 Å². The number of nitrogens with one attached hydrogen (secondary N) is 1. The zero-order valence-corrected chi connectivity index (χ0v) is 18.6. The van der Waals surface area contributed by atoms with Gasteiger partial charge in [-0.1, -0.05) is 5.16 Å². The van der Waals surface area contributed by atoms with E-state index in [0.717, 1.165) is 55.5 Å². The van der Waals surface area contributed by atoms with E-state index < -0.39 is 0 Å². The molecule has 6 nitrogen and oxygen atoms in total. The fourth-order valence-electron chi connectivity index (χ4n) is 4.23. The van der Waals surface area contributed by atoms with E-state index in [4.69, 9.17) is 4.52 Å². The van der Waals surface area contributed by atoms with Crippen LogP contribution in [0.15, 0.2) is 28.8 Å². The van der Waals surface area contributed by atoms with Gasteiger partial charge in [0, 0.05) is 30.8 Å². The molecular weight excluding hydrogens is 417 g/mol. The van der Waals surface area contributed by atoms with Crippen molar-refractivity contribution in [3.63, 3.8) is 0 Å². The maximum absolute atomic E-state index is 13.4. The highest BCUT2D eigenvalue weighted by atomic mass is 32.1. The number of thiophene rings is 1. The maximum Gasteiger partial charge on any atom is 0.261 e. The summed E-state index contributed by atoms with van der Waals surface area (Å²) in [6.07, 6.45) is 3.20. The zero-order valence-electron chi connectivity index (χ0n) is 17.7.